The summed E-state index contributed by atoms with van der Waals surface area (Å²) in [4.78, 5) is 29.7. The van der Waals surface area contributed by atoms with Gasteiger partial charge in [0.25, 0.3) is 5.91 Å². The van der Waals surface area contributed by atoms with Crippen LogP contribution in [0.15, 0.2) is 54.0 Å². The average molecular weight is 575 g/mol. The van der Waals surface area contributed by atoms with Crippen LogP contribution in [0.3, 0.4) is 0 Å². The van der Waals surface area contributed by atoms with Crippen molar-refractivity contribution >= 4 is 35.5 Å². The highest BCUT2D eigenvalue weighted by molar-refractivity contribution is 6.31. The van der Waals surface area contributed by atoms with Crippen LogP contribution in [0, 0.1) is 0 Å². The summed E-state index contributed by atoms with van der Waals surface area (Å²) in [6.07, 6.45) is -4.54. The Balaban J connectivity index is 2.02. The molecule has 1 unspecified atom stereocenters. The molecule has 38 heavy (non-hydrogen) atoms. The number of aliphatic hydroxyl groups excluding tert-OH is 1. The maximum atomic E-state index is 13.6. The van der Waals surface area contributed by atoms with Crippen LogP contribution in [-0.2, 0) is 22.6 Å². The molecule has 8 nitrogen and oxygen atoms in total. The Hall–Kier alpha value is -3.15. The van der Waals surface area contributed by atoms with E-state index in [9.17, 15) is 27.9 Å². The zero-order chi connectivity index (χ0) is 28.0. The number of benzene rings is 2. The van der Waals surface area contributed by atoms with Crippen LogP contribution in [0.2, 0.25) is 10.0 Å². The minimum atomic E-state index is -4.89. The summed E-state index contributed by atoms with van der Waals surface area (Å²) in [5.41, 5.74) is 1.39. The minimum Gasteiger partial charge on any atom is -0.406 e. The number of alkyl halides is 3. The van der Waals surface area contributed by atoms with E-state index in [-0.39, 0.29) is 42.7 Å². The fourth-order valence-electron chi connectivity index (χ4n) is 4.02. The van der Waals surface area contributed by atoms with Crippen molar-refractivity contribution in [2.24, 2.45) is 0 Å². The molecule has 1 heterocycles. The molecular weight excluding hydrogens is 548 g/mol. The first-order valence-corrected chi connectivity index (χ1v) is 12.3. The van der Waals surface area contributed by atoms with Gasteiger partial charge in [-0.2, -0.15) is 0 Å². The van der Waals surface area contributed by atoms with Gasteiger partial charge in [0.15, 0.2) is 0 Å². The first kappa shape index (κ1) is 29.4. The molecule has 206 valence electrons. The van der Waals surface area contributed by atoms with E-state index in [4.69, 9.17) is 23.2 Å². The summed E-state index contributed by atoms with van der Waals surface area (Å²) in [7, 11) is 3.06. The zero-order valence-corrected chi connectivity index (χ0v) is 22.1. The van der Waals surface area contributed by atoms with E-state index in [1.165, 1.54) is 29.0 Å². The van der Waals surface area contributed by atoms with Crippen LogP contribution >= 0.6 is 23.2 Å². The quantitative estimate of drug-likeness (QED) is 0.395. The Labute approximate surface area is 228 Å². The van der Waals surface area contributed by atoms with Gasteiger partial charge in [-0.05, 0) is 47.9 Å². The molecule has 0 fully saturated rings. The number of rotatable bonds is 11. The lowest BCUT2D eigenvalue weighted by Crippen LogP contribution is -2.42. The Morgan fingerprint density at radius 3 is 2.42 bits per heavy atom. The molecular formula is C25H27Cl2F3N4O4. The third kappa shape index (κ3) is 7.68. The summed E-state index contributed by atoms with van der Waals surface area (Å²) >= 11 is 12.1. The van der Waals surface area contributed by atoms with E-state index in [0.29, 0.717) is 23.4 Å². The number of nitrogens with one attached hydrogen (secondary N) is 1. The van der Waals surface area contributed by atoms with Crippen molar-refractivity contribution in [1.29, 1.82) is 0 Å². The molecule has 0 bridgehead atoms. The molecule has 2 amide bonds. The van der Waals surface area contributed by atoms with Gasteiger partial charge in [-0.25, -0.2) is 0 Å². The number of likely N-dealkylation sites (N-methyl/N-ethyl adjacent to an activating group) is 1. The number of amides is 2. The van der Waals surface area contributed by atoms with Crippen LogP contribution in [0.4, 0.5) is 13.2 Å². The van der Waals surface area contributed by atoms with Crippen LogP contribution in [0.5, 0.6) is 5.75 Å². The second kappa shape index (κ2) is 12.6. The SMILES string of the molecule is CN(C=O)C1=C(C(=O)N(C)CCCO)N(Cc2ccc(Cl)cc2)C(Cc2cc(Cl)cc(OC(F)(F)F)c2)N1. The van der Waals surface area contributed by atoms with Gasteiger partial charge in [0.1, 0.15) is 23.4 Å². The van der Waals surface area contributed by atoms with Gasteiger partial charge in [-0.1, -0.05) is 35.3 Å². The van der Waals surface area contributed by atoms with Crippen LogP contribution in [-0.4, -0.2) is 71.9 Å². The molecule has 0 aliphatic carbocycles. The molecule has 0 saturated carbocycles. The second-order valence-corrected chi connectivity index (χ2v) is 9.55. The summed E-state index contributed by atoms with van der Waals surface area (Å²) in [6.45, 7) is 0.374. The number of hydrogen-bond donors (Lipinski definition) is 2. The van der Waals surface area contributed by atoms with Gasteiger partial charge in [0.05, 0.1) is 0 Å². The number of aliphatic hydroxyl groups is 1. The van der Waals surface area contributed by atoms with E-state index in [1.54, 1.807) is 36.2 Å². The third-order valence-corrected chi connectivity index (χ3v) is 6.23. The number of nitrogens with zero attached hydrogens (tertiary/aromatic N) is 3. The predicted molar refractivity (Wildman–Crippen MR) is 136 cm³/mol. The van der Waals surface area contributed by atoms with Gasteiger partial charge in [-0.15, -0.1) is 13.2 Å². The molecule has 1 aliphatic heterocycles. The maximum Gasteiger partial charge on any atom is 0.573 e. The van der Waals surface area contributed by atoms with Crippen LogP contribution < -0.4 is 10.1 Å². The fraction of sp³-hybridized carbons (Fsp3) is 0.360. The van der Waals surface area contributed by atoms with Crippen molar-refractivity contribution in [3.05, 3.63) is 75.2 Å². The monoisotopic (exact) mass is 574 g/mol. The summed E-state index contributed by atoms with van der Waals surface area (Å²) in [5.74, 6) is -0.646. The van der Waals surface area contributed by atoms with Crippen molar-refractivity contribution in [3.8, 4) is 5.75 Å². The lowest BCUT2D eigenvalue weighted by Gasteiger charge is -2.30. The van der Waals surface area contributed by atoms with Crippen molar-refractivity contribution in [2.45, 2.75) is 31.9 Å². The lowest BCUT2D eigenvalue weighted by atomic mass is 10.1. The lowest BCUT2D eigenvalue weighted by molar-refractivity contribution is -0.274. The van der Waals surface area contributed by atoms with Gasteiger partial charge in [0, 0.05) is 50.3 Å². The van der Waals surface area contributed by atoms with Crippen molar-refractivity contribution in [1.82, 2.24) is 20.0 Å². The number of ether oxygens (including phenoxy) is 1. The molecule has 0 aromatic heterocycles. The highest BCUT2D eigenvalue weighted by atomic mass is 35.5. The second-order valence-electron chi connectivity index (χ2n) is 8.68. The number of carbonyl (C=O) groups excluding carboxylic acids is 2. The van der Waals surface area contributed by atoms with Crippen LogP contribution in [0.25, 0.3) is 0 Å². The average Bonchev–Trinajstić information content (AvgIpc) is 3.18. The van der Waals surface area contributed by atoms with Gasteiger partial charge < -0.3 is 29.9 Å². The van der Waals surface area contributed by atoms with E-state index in [2.05, 4.69) is 10.1 Å². The highest BCUT2D eigenvalue weighted by Crippen LogP contribution is 2.31. The minimum absolute atomic E-state index is 0.0437. The first-order chi connectivity index (χ1) is 17.9. The summed E-state index contributed by atoms with van der Waals surface area (Å²) in [6, 6.07) is 10.7. The highest BCUT2D eigenvalue weighted by Gasteiger charge is 2.38. The molecule has 2 aromatic rings. The molecule has 13 heteroatoms. The van der Waals surface area contributed by atoms with E-state index in [1.807, 2.05) is 0 Å². The van der Waals surface area contributed by atoms with Gasteiger partial charge >= 0.3 is 6.36 Å². The molecule has 2 N–H and O–H groups in total. The smallest absolute Gasteiger partial charge is 0.406 e. The van der Waals surface area contributed by atoms with E-state index >= 15 is 0 Å². The normalized spacial score (nSPS) is 15.4. The summed E-state index contributed by atoms with van der Waals surface area (Å²) < 4.78 is 42.5. The fourth-order valence-corrected chi connectivity index (χ4v) is 4.40. The van der Waals surface area contributed by atoms with E-state index in [0.717, 1.165) is 11.6 Å². The maximum absolute atomic E-state index is 13.6. The first-order valence-electron chi connectivity index (χ1n) is 11.5. The molecule has 1 aliphatic rings. The van der Waals surface area contributed by atoms with Crippen molar-refractivity contribution in [2.75, 3.05) is 27.2 Å². The number of carbonyl (C=O) groups is 2. The Kier molecular flexibility index (Phi) is 9.75. The third-order valence-electron chi connectivity index (χ3n) is 5.76. The Morgan fingerprint density at radius 1 is 1.13 bits per heavy atom. The van der Waals surface area contributed by atoms with Gasteiger partial charge in [0.2, 0.25) is 6.41 Å². The van der Waals surface area contributed by atoms with E-state index < -0.39 is 24.2 Å². The molecule has 3 rings (SSSR count). The Morgan fingerprint density at radius 2 is 1.82 bits per heavy atom. The molecule has 1 atom stereocenters. The van der Waals surface area contributed by atoms with Crippen molar-refractivity contribution < 1.29 is 32.6 Å². The van der Waals surface area contributed by atoms with Gasteiger partial charge in [-0.3, -0.25) is 9.59 Å². The number of halogens is 5. The largest absolute Gasteiger partial charge is 0.573 e. The van der Waals surface area contributed by atoms with Crippen LogP contribution in [0.1, 0.15) is 17.5 Å². The standard InChI is InChI=1S/C25H27Cl2F3N4O4/c1-32(8-3-9-35)24(37)22-23(33(2)15-36)31-21(34(22)14-16-4-6-18(26)7-5-16)12-17-10-19(27)13-20(11-17)38-25(28,29)30/h4-7,10-11,13,15,21,31,35H,3,8-9,12,14H2,1-2H3. The number of hydrogen-bond acceptors (Lipinski definition) is 6. The predicted octanol–water partition coefficient (Wildman–Crippen LogP) is 3.96. The summed E-state index contributed by atoms with van der Waals surface area (Å²) in [5, 5.41) is 12.9. The molecule has 0 spiro atoms. The Bertz CT molecular complexity index is 1180. The molecule has 0 saturated heterocycles. The topological polar surface area (TPSA) is 85.4 Å². The van der Waals surface area contributed by atoms with Crippen molar-refractivity contribution in [3.63, 3.8) is 0 Å². The zero-order valence-electron chi connectivity index (χ0n) is 20.6. The molecule has 2 aromatic carbocycles. The molecule has 0 radical (unpaired) electrons.